The third-order valence-corrected chi connectivity index (χ3v) is 4.18. The number of hydrogen-bond acceptors (Lipinski definition) is 3. The molecular formula is C17H29N3O2. The number of carbonyl (C=O) groups is 1. The summed E-state index contributed by atoms with van der Waals surface area (Å²) in [4.78, 5) is 12.5. The van der Waals surface area contributed by atoms with Crippen LogP contribution in [0, 0.1) is 5.92 Å². The average Bonchev–Trinajstić information content (AvgIpc) is 2.93. The number of aromatic nitrogens is 2. The van der Waals surface area contributed by atoms with E-state index in [0.717, 1.165) is 18.5 Å². The molecule has 1 aliphatic rings. The summed E-state index contributed by atoms with van der Waals surface area (Å²) < 4.78 is 1.87. The van der Waals surface area contributed by atoms with Gasteiger partial charge in [-0.15, -0.1) is 0 Å². The molecule has 1 fully saturated rings. The second kappa shape index (κ2) is 5.69. The summed E-state index contributed by atoms with van der Waals surface area (Å²) in [6, 6.07) is 1.95. The molecule has 0 saturated heterocycles. The van der Waals surface area contributed by atoms with Crippen LogP contribution in [0.15, 0.2) is 6.07 Å². The van der Waals surface area contributed by atoms with Crippen molar-refractivity contribution in [2.45, 2.75) is 77.9 Å². The minimum absolute atomic E-state index is 0.0805. The molecule has 1 aromatic rings. The molecule has 1 aromatic heterocycles. The molecule has 2 N–H and O–H groups in total. The highest BCUT2D eigenvalue weighted by Gasteiger charge is 2.33. The van der Waals surface area contributed by atoms with E-state index in [1.807, 2.05) is 10.7 Å². The second-order valence-corrected chi connectivity index (χ2v) is 8.34. The first-order valence-corrected chi connectivity index (χ1v) is 8.10. The van der Waals surface area contributed by atoms with Gasteiger partial charge in [0.1, 0.15) is 5.82 Å². The van der Waals surface area contributed by atoms with Crippen molar-refractivity contribution in [3.63, 3.8) is 0 Å². The van der Waals surface area contributed by atoms with Crippen LogP contribution >= 0.6 is 0 Å². The highest BCUT2D eigenvalue weighted by molar-refractivity contribution is 5.92. The number of carbonyl (C=O) groups excluding carboxylic acids is 1. The van der Waals surface area contributed by atoms with Gasteiger partial charge < -0.3 is 10.4 Å². The Morgan fingerprint density at radius 2 is 1.91 bits per heavy atom. The van der Waals surface area contributed by atoms with Crippen molar-refractivity contribution in [2.75, 3.05) is 5.32 Å². The largest absolute Gasteiger partial charge is 0.392 e. The summed E-state index contributed by atoms with van der Waals surface area (Å²) in [5.41, 5.74) is 0.646. The number of anilines is 1. The van der Waals surface area contributed by atoms with Crippen molar-refractivity contribution in [3.8, 4) is 0 Å². The van der Waals surface area contributed by atoms with Crippen LogP contribution in [0.25, 0.3) is 0 Å². The molecular weight excluding hydrogens is 278 g/mol. The van der Waals surface area contributed by atoms with Gasteiger partial charge in [0, 0.05) is 11.5 Å². The smallest absolute Gasteiger partial charge is 0.231 e. The summed E-state index contributed by atoms with van der Waals surface area (Å²) in [5.74, 6) is 0.304. The lowest BCUT2D eigenvalue weighted by atomic mass is 9.92. The van der Waals surface area contributed by atoms with Gasteiger partial charge in [-0.25, -0.2) is 4.68 Å². The molecule has 0 radical (unpaired) electrons. The Morgan fingerprint density at radius 3 is 2.36 bits per heavy atom. The van der Waals surface area contributed by atoms with Gasteiger partial charge in [0.25, 0.3) is 0 Å². The van der Waals surface area contributed by atoms with Crippen LogP contribution in [0.5, 0.6) is 0 Å². The molecule has 0 spiro atoms. The topological polar surface area (TPSA) is 67.2 Å². The van der Waals surface area contributed by atoms with Gasteiger partial charge in [-0.1, -0.05) is 20.8 Å². The van der Waals surface area contributed by atoms with Crippen LogP contribution in [0.2, 0.25) is 0 Å². The predicted molar refractivity (Wildman–Crippen MR) is 87.9 cm³/mol. The number of rotatable bonds is 2. The van der Waals surface area contributed by atoms with E-state index in [4.69, 9.17) is 5.10 Å². The highest BCUT2D eigenvalue weighted by Crippen LogP contribution is 2.30. The van der Waals surface area contributed by atoms with Crippen LogP contribution in [0.3, 0.4) is 0 Å². The number of aliphatic hydroxyl groups excluding tert-OH is 1. The highest BCUT2D eigenvalue weighted by atomic mass is 16.3. The van der Waals surface area contributed by atoms with Crippen LogP contribution in [-0.4, -0.2) is 26.9 Å². The zero-order valence-corrected chi connectivity index (χ0v) is 14.6. The third-order valence-electron chi connectivity index (χ3n) is 4.18. The molecule has 22 heavy (non-hydrogen) atoms. The minimum atomic E-state index is -0.520. The van der Waals surface area contributed by atoms with Crippen molar-refractivity contribution < 1.29 is 9.90 Å². The maximum Gasteiger partial charge on any atom is 0.231 e. The van der Waals surface area contributed by atoms with Crippen molar-refractivity contribution in [1.29, 1.82) is 0 Å². The molecule has 2 atom stereocenters. The zero-order valence-electron chi connectivity index (χ0n) is 14.6. The molecule has 1 heterocycles. The van der Waals surface area contributed by atoms with Gasteiger partial charge in [0.05, 0.1) is 23.3 Å². The average molecular weight is 307 g/mol. The summed E-state index contributed by atoms with van der Waals surface area (Å²) in [7, 11) is 0. The number of nitrogens with zero attached hydrogens (tertiary/aromatic N) is 2. The van der Waals surface area contributed by atoms with Crippen molar-refractivity contribution in [1.82, 2.24) is 9.78 Å². The third kappa shape index (κ3) is 3.51. The summed E-state index contributed by atoms with van der Waals surface area (Å²) in [6.07, 6.45) is 1.85. The molecule has 1 amide bonds. The van der Waals surface area contributed by atoms with E-state index < -0.39 is 6.10 Å². The van der Waals surface area contributed by atoms with Crippen LogP contribution in [0.4, 0.5) is 5.82 Å². The fourth-order valence-corrected chi connectivity index (χ4v) is 2.81. The maximum absolute atomic E-state index is 12.5. The van der Waals surface area contributed by atoms with Gasteiger partial charge >= 0.3 is 0 Å². The summed E-state index contributed by atoms with van der Waals surface area (Å²) in [6.45, 7) is 12.5. The summed E-state index contributed by atoms with van der Waals surface area (Å²) in [5, 5.41) is 17.6. The van der Waals surface area contributed by atoms with Crippen LogP contribution < -0.4 is 5.32 Å². The standard InChI is InChI=1S/C17H29N3O2/c1-16(2,3)13-10-14(20(19-13)17(4,5)6)18-15(22)11-8-7-9-12(11)21/h10-12,21H,7-9H2,1-6H3,(H,18,22). The van der Waals surface area contributed by atoms with Crippen molar-refractivity contribution in [3.05, 3.63) is 11.8 Å². The van der Waals surface area contributed by atoms with Crippen molar-refractivity contribution in [2.24, 2.45) is 5.92 Å². The SMILES string of the molecule is CC(C)(C)c1cc(NC(=O)C2CCCC2O)n(C(C)(C)C)n1. The molecule has 1 saturated carbocycles. The molecule has 5 heteroatoms. The van der Waals surface area contributed by atoms with Crippen molar-refractivity contribution >= 4 is 11.7 Å². The lowest BCUT2D eigenvalue weighted by molar-refractivity contribution is -0.122. The second-order valence-electron chi connectivity index (χ2n) is 8.34. The number of nitrogens with one attached hydrogen (secondary N) is 1. The van der Waals surface area contributed by atoms with E-state index in [2.05, 4.69) is 46.9 Å². The molecule has 5 nitrogen and oxygen atoms in total. The Bertz CT molecular complexity index is 549. The monoisotopic (exact) mass is 307 g/mol. The zero-order chi connectivity index (χ0) is 16.7. The molecule has 1 aliphatic carbocycles. The number of aliphatic hydroxyl groups is 1. The maximum atomic E-state index is 12.5. The lowest BCUT2D eigenvalue weighted by Crippen LogP contribution is -2.32. The molecule has 2 unspecified atom stereocenters. The fourth-order valence-electron chi connectivity index (χ4n) is 2.81. The first-order valence-electron chi connectivity index (χ1n) is 8.10. The molecule has 0 aliphatic heterocycles. The van der Waals surface area contributed by atoms with Gasteiger partial charge in [-0.2, -0.15) is 5.10 Å². The summed E-state index contributed by atoms with van der Waals surface area (Å²) >= 11 is 0. The van der Waals surface area contributed by atoms with Gasteiger partial charge in [0.15, 0.2) is 0 Å². The lowest BCUT2D eigenvalue weighted by Gasteiger charge is -2.23. The van der Waals surface area contributed by atoms with Crippen LogP contribution in [-0.2, 0) is 15.7 Å². The number of amides is 1. The quantitative estimate of drug-likeness (QED) is 0.882. The van der Waals surface area contributed by atoms with Gasteiger partial charge in [0.2, 0.25) is 5.91 Å². The van der Waals surface area contributed by atoms with Crippen LogP contribution in [0.1, 0.15) is 66.5 Å². The molecule has 0 bridgehead atoms. The first-order chi connectivity index (χ1) is 10.00. The molecule has 0 aromatic carbocycles. The predicted octanol–water partition coefficient (Wildman–Crippen LogP) is 3.04. The fraction of sp³-hybridized carbons (Fsp3) is 0.765. The van der Waals surface area contributed by atoms with E-state index in [9.17, 15) is 9.90 Å². The van der Waals surface area contributed by atoms with E-state index in [-0.39, 0.29) is 22.8 Å². The molecule has 124 valence electrons. The Kier molecular flexibility index (Phi) is 4.39. The normalized spacial score (nSPS) is 22.9. The Morgan fingerprint density at radius 1 is 1.27 bits per heavy atom. The Hall–Kier alpha value is -1.36. The molecule has 2 rings (SSSR count). The Labute approximate surface area is 133 Å². The van der Waals surface area contributed by atoms with E-state index in [1.165, 1.54) is 0 Å². The van der Waals surface area contributed by atoms with E-state index >= 15 is 0 Å². The van der Waals surface area contributed by atoms with Gasteiger partial charge in [-0.3, -0.25) is 4.79 Å². The first kappa shape index (κ1) is 17.0. The minimum Gasteiger partial charge on any atom is -0.392 e. The number of hydrogen-bond donors (Lipinski definition) is 2. The van der Waals surface area contributed by atoms with E-state index in [0.29, 0.717) is 12.2 Å². The Balaban J connectivity index is 2.29. The van der Waals surface area contributed by atoms with E-state index in [1.54, 1.807) is 0 Å². The van der Waals surface area contributed by atoms with Gasteiger partial charge in [-0.05, 0) is 40.0 Å².